The molecule has 0 amide bonds. The maximum atomic E-state index is 6.23. The van der Waals surface area contributed by atoms with Crippen LogP contribution in [0, 0.1) is 18.3 Å². The van der Waals surface area contributed by atoms with Gasteiger partial charge in [0.25, 0.3) is 0 Å². The van der Waals surface area contributed by atoms with E-state index in [2.05, 4.69) is 29.1 Å². The van der Waals surface area contributed by atoms with Crippen molar-refractivity contribution in [1.29, 1.82) is 0 Å². The molecule has 4 heteroatoms. The largest absolute Gasteiger partial charge is 0.369 e. The van der Waals surface area contributed by atoms with Crippen LogP contribution in [0.1, 0.15) is 56.8 Å². The topological polar surface area (TPSA) is 37.8 Å². The van der Waals surface area contributed by atoms with Gasteiger partial charge >= 0.3 is 0 Å². The lowest BCUT2D eigenvalue weighted by atomic mass is 9.92. The monoisotopic (exact) mass is 279 g/mol. The maximum Gasteiger partial charge on any atom is 0.137 e. The number of nitrogens with zero attached hydrogens (tertiary/aromatic N) is 2. The van der Waals surface area contributed by atoms with Gasteiger partial charge in [0.2, 0.25) is 0 Å². The van der Waals surface area contributed by atoms with Crippen LogP contribution in [-0.2, 0) is 0 Å². The van der Waals surface area contributed by atoms with Gasteiger partial charge in [-0.05, 0) is 43.9 Å². The van der Waals surface area contributed by atoms with E-state index in [4.69, 9.17) is 11.6 Å². The molecule has 3 rings (SSSR count). The lowest BCUT2D eigenvalue weighted by Crippen LogP contribution is -2.22. The average Bonchev–Trinajstić information content (AvgIpc) is 3.25. The Morgan fingerprint density at radius 1 is 1.32 bits per heavy atom. The normalized spacial score (nSPS) is 20.7. The third-order valence-electron chi connectivity index (χ3n) is 4.77. The predicted octanol–water partition coefficient (Wildman–Crippen LogP) is 4.16. The molecule has 0 aliphatic heterocycles. The molecule has 1 heterocycles. The quantitative estimate of drug-likeness (QED) is 0.822. The van der Waals surface area contributed by atoms with E-state index in [9.17, 15) is 0 Å². The van der Waals surface area contributed by atoms with Gasteiger partial charge in [-0.25, -0.2) is 9.97 Å². The molecular formula is C15H22ClN3. The standard InChI is InChI=1S/C15H22ClN3/c1-9(2)15(6-7-15)8-17-13-10(3)12(16)18-14(19-13)11-4-5-11/h9,11H,4-8H2,1-3H3,(H,17,18,19). The van der Waals surface area contributed by atoms with Crippen molar-refractivity contribution in [2.45, 2.75) is 52.4 Å². The van der Waals surface area contributed by atoms with Crippen molar-refractivity contribution in [3.63, 3.8) is 0 Å². The van der Waals surface area contributed by atoms with Crippen LogP contribution in [0.4, 0.5) is 5.82 Å². The van der Waals surface area contributed by atoms with Crippen LogP contribution in [-0.4, -0.2) is 16.5 Å². The molecule has 0 spiro atoms. The summed E-state index contributed by atoms with van der Waals surface area (Å²) in [5.41, 5.74) is 1.45. The number of halogens is 1. The van der Waals surface area contributed by atoms with E-state index in [1.807, 2.05) is 6.92 Å². The van der Waals surface area contributed by atoms with E-state index in [-0.39, 0.29) is 0 Å². The molecular weight excluding hydrogens is 258 g/mol. The molecule has 0 radical (unpaired) electrons. The molecule has 0 atom stereocenters. The summed E-state index contributed by atoms with van der Waals surface area (Å²) in [5.74, 6) is 3.13. The summed E-state index contributed by atoms with van der Waals surface area (Å²) in [6.45, 7) is 7.62. The first-order valence-corrected chi connectivity index (χ1v) is 7.67. The Kier molecular flexibility index (Phi) is 3.20. The Bertz CT molecular complexity index is 490. The van der Waals surface area contributed by atoms with Crippen LogP contribution < -0.4 is 5.32 Å². The molecule has 2 fully saturated rings. The van der Waals surface area contributed by atoms with Gasteiger partial charge in [-0.3, -0.25) is 0 Å². The fourth-order valence-corrected chi connectivity index (χ4v) is 2.76. The number of anilines is 1. The number of nitrogens with one attached hydrogen (secondary N) is 1. The number of hydrogen-bond acceptors (Lipinski definition) is 3. The van der Waals surface area contributed by atoms with Gasteiger partial charge in [-0.1, -0.05) is 25.4 Å². The second kappa shape index (κ2) is 4.62. The van der Waals surface area contributed by atoms with Crippen molar-refractivity contribution in [2.75, 3.05) is 11.9 Å². The first-order chi connectivity index (χ1) is 9.02. The summed E-state index contributed by atoms with van der Waals surface area (Å²) >= 11 is 6.23. The second-order valence-electron chi connectivity index (χ2n) is 6.49. The smallest absolute Gasteiger partial charge is 0.137 e. The third-order valence-corrected chi connectivity index (χ3v) is 5.14. The van der Waals surface area contributed by atoms with Crippen LogP contribution in [0.5, 0.6) is 0 Å². The minimum atomic E-state index is 0.476. The Morgan fingerprint density at radius 2 is 2.00 bits per heavy atom. The highest BCUT2D eigenvalue weighted by Crippen LogP contribution is 2.51. The highest BCUT2D eigenvalue weighted by Gasteiger charge is 2.45. The van der Waals surface area contributed by atoms with E-state index in [0.717, 1.165) is 29.7 Å². The van der Waals surface area contributed by atoms with Crippen molar-refractivity contribution < 1.29 is 0 Å². The Morgan fingerprint density at radius 3 is 2.53 bits per heavy atom. The van der Waals surface area contributed by atoms with Crippen molar-refractivity contribution >= 4 is 17.4 Å². The average molecular weight is 280 g/mol. The molecule has 2 aliphatic carbocycles. The van der Waals surface area contributed by atoms with Gasteiger partial charge in [0.1, 0.15) is 16.8 Å². The molecule has 0 aromatic carbocycles. The highest BCUT2D eigenvalue weighted by molar-refractivity contribution is 6.30. The molecule has 19 heavy (non-hydrogen) atoms. The first kappa shape index (κ1) is 13.2. The number of aromatic nitrogens is 2. The van der Waals surface area contributed by atoms with Gasteiger partial charge in [0.15, 0.2) is 0 Å². The molecule has 0 bridgehead atoms. The second-order valence-corrected chi connectivity index (χ2v) is 6.85. The lowest BCUT2D eigenvalue weighted by Gasteiger charge is -2.21. The minimum Gasteiger partial charge on any atom is -0.369 e. The van der Waals surface area contributed by atoms with Crippen molar-refractivity contribution in [3.05, 3.63) is 16.5 Å². The Labute approximate surface area is 120 Å². The predicted molar refractivity (Wildman–Crippen MR) is 78.7 cm³/mol. The lowest BCUT2D eigenvalue weighted by molar-refractivity contribution is 0.379. The van der Waals surface area contributed by atoms with Crippen molar-refractivity contribution in [3.8, 4) is 0 Å². The van der Waals surface area contributed by atoms with Crippen LogP contribution in [0.3, 0.4) is 0 Å². The molecule has 1 aromatic rings. The van der Waals surface area contributed by atoms with E-state index < -0.39 is 0 Å². The SMILES string of the molecule is Cc1c(Cl)nc(C2CC2)nc1NCC1(C(C)C)CC1. The van der Waals surface area contributed by atoms with Crippen LogP contribution in [0.25, 0.3) is 0 Å². The van der Waals surface area contributed by atoms with Crippen molar-refractivity contribution in [2.24, 2.45) is 11.3 Å². The summed E-state index contributed by atoms with van der Waals surface area (Å²) in [4.78, 5) is 9.08. The summed E-state index contributed by atoms with van der Waals surface area (Å²) in [5, 5.41) is 4.13. The van der Waals surface area contributed by atoms with Gasteiger partial charge in [-0.2, -0.15) is 0 Å². The van der Waals surface area contributed by atoms with Crippen LogP contribution in [0.15, 0.2) is 0 Å². The van der Waals surface area contributed by atoms with Crippen LogP contribution in [0.2, 0.25) is 5.15 Å². The zero-order valence-electron chi connectivity index (χ0n) is 12.0. The fourth-order valence-electron chi connectivity index (χ4n) is 2.58. The molecule has 1 aromatic heterocycles. The van der Waals surface area contributed by atoms with Gasteiger partial charge in [0.05, 0.1) is 0 Å². The summed E-state index contributed by atoms with van der Waals surface area (Å²) < 4.78 is 0. The minimum absolute atomic E-state index is 0.476. The van der Waals surface area contributed by atoms with E-state index in [1.165, 1.54) is 25.7 Å². The molecule has 0 saturated heterocycles. The van der Waals surface area contributed by atoms with E-state index in [1.54, 1.807) is 0 Å². The van der Waals surface area contributed by atoms with Gasteiger partial charge < -0.3 is 5.32 Å². The molecule has 3 nitrogen and oxygen atoms in total. The molecule has 1 N–H and O–H groups in total. The fraction of sp³-hybridized carbons (Fsp3) is 0.733. The number of rotatable bonds is 5. The zero-order chi connectivity index (χ0) is 13.6. The molecule has 0 unspecified atom stereocenters. The van der Waals surface area contributed by atoms with Crippen LogP contribution >= 0.6 is 11.6 Å². The van der Waals surface area contributed by atoms with E-state index >= 15 is 0 Å². The first-order valence-electron chi connectivity index (χ1n) is 7.30. The van der Waals surface area contributed by atoms with Crippen molar-refractivity contribution in [1.82, 2.24) is 9.97 Å². The maximum absolute atomic E-state index is 6.23. The zero-order valence-corrected chi connectivity index (χ0v) is 12.7. The summed E-state index contributed by atoms with van der Waals surface area (Å²) in [7, 11) is 0. The van der Waals surface area contributed by atoms with E-state index in [0.29, 0.717) is 16.5 Å². The summed E-state index contributed by atoms with van der Waals surface area (Å²) in [6, 6.07) is 0. The molecule has 2 aliphatic rings. The molecule has 2 saturated carbocycles. The third kappa shape index (κ3) is 2.58. The highest BCUT2D eigenvalue weighted by atomic mass is 35.5. The number of hydrogen-bond donors (Lipinski definition) is 1. The Hall–Kier alpha value is -0.830. The van der Waals surface area contributed by atoms with Gasteiger partial charge in [0, 0.05) is 18.0 Å². The Balaban J connectivity index is 1.76. The van der Waals surface area contributed by atoms with Gasteiger partial charge in [-0.15, -0.1) is 0 Å². The molecule has 104 valence electrons. The summed E-state index contributed by atoms with van der Waals surface area (Å²) in [6.07, 6.45) is 5.06.